The van der Waals surface area contributed by atoms with Gasteiger partial charge in [-0.05, 0) is 11.6 Å². The molecule has 2 aromatic heterocycles. The molecule has 106 valence electrons. The predicted octanol–water partition coefficient (Wildman–Crippen LogP) is 3.17. The number of nitrogens with zero attached hydrogens (tertiary/aromatic N) is 2. The van der Waals surface area contributed by atoms with E-state index in [1.165, 1.54) is 23.6 Å². The Morgan fingerprint density at radius 2 is 2.24 bits per heavy atom. The summed E-state index contributed by atoms with van der Waals surface area (Å²) in [5.41, 5.74) is 9.04. The number of aromatic amines is 1. The Labute approximate surface area is 124 Å². The molecular formula is C14H12N4O2S. The van der Waals surface area contributed by atoms with Gasteiger partial charge in [0.05, 0.1) is 22.5 Å². The van der Waals surface area contributed by atoms with Crippen molar-refractivity contribution in [2.45, 2.75) is 6.54 Å². The van der Waals surface area contributed by atoms with Gasteiger partial charge >= 0.3 is 0 Å². The molecule has 0 radical (unpaired) electrons. The van der Waals surface area contributed by atoms with Crippen molar-refractivity contribution in [3.8, 4) is 22.0 Å². The number of benzene rings is 1. The molecular weight excluding hydrogens is 288 g/mol. The topological polar surface area (TPSA) is 97.8 Å². The summed E-state index contributed by atoms with van der Waals surface area (Å²) in [5.74, 6) is 0. The van der Waals surface area contributed by atoms with E-state index in [4.69, 9.17) is 5.73 Å². The van der Waals surface area contributed by atoms with Gasteiger partial charge in [0.25, 0.3) is 5.69 Å². The number of thiazole rings is 1. The van der Waals surface area contributed by atoms with Gasteiger partial charge in [-0.1, -0.05) is 18.2 Å². The zero-order valence-electron chi connectivity index (χ0n) is 10.9. The number of nitrogens with two attached hydrogens (primary N) is 1. The van der Waals surface area contributed by atoms with Crippen molar-refractivity contribution in [3.63, 3.8) is 0 Å². The number of nitrogens with one attached hydrogen (secondary N) is 1. The zero-order valence-corrected chi connectivity index (χ0v) is 11.8. The molecule has 0 aliphatic carbocycles. The Morgan fingerprint density at radius 3 is 2.95 bits per heavy atom. The number of nitro groups is 1. The van der Waals surface area contributed by atoms with Gasteiger partial charge in [-0.2, -0.15) is 0 Å². The van der Waals surface area contributed by atoms with E-state index in [0.717, 1.165) is 16.1 Å². The van der Waals surface area contributed by atoms with Crippen LogP contribution in [-0.2, 0) is 6.54 Å². The SMILES string of the molecule is NCc1cccc(-c2nc(-c3cc([N+](=O)[O-])c[nH]3)cs2)c1. The molecule has 0 saturated heterocycles. The van der Waals surface area contributed by atoms with Crippen LogP contribution in [0.25, 0.3) is 22.0 Å². The van der Waals surface area contributed by atoms with E-state index in [1.807, 2.05) is 29.6 Å². The van der Waals surface area contributed by atoms with E-state index >= 15 is 0 Å². The van der Waals surface area contributed by atoms with Crippen LogP contribution in [0.5, 0.6) is 0 Å². The maximum atomic E-state index is 10.7. The summed E-state index contributed by atoms with van der Waals surface area (Å²) in [4.78, 5) is 17.7. The predicted molar refractivity (Wildman–Crippen MR) is 81.9 cm³/mol. The van der Waals surface area contributed by atoms with Crippen molar-refractivity contribution in [2.24, 2.45) is 5.73 Å². The van der Waals surface area contributed by atoms with Gasteiger partial charge < -0.3 is 10.7 Å². The number of hydrogen-bond acceptors (Lipinski definition) is 5. The zero-order chi connectivity index (χ0) is 14.8. The van der Waals surface area contributed by atoms with E-state index in [0.29, 0.717) is 17.9 Å². The Bertz CT molecular complexity index is 794. The largest absolute Gasteiger partial charge is 0.354 e. The summed E-state index contributed by atoms with van der Waals surface area (Å²) >= 11 is 1.49. The lowest BCUT2D eigenvalue weighted by atomic mass is 10.1. The maximum Gasteiger partial charge on any atom is 0.287 e. The first-order valence-electron chi connectivity index (χ1n) is 6.25. The molecule has 3 aromatic rings. The molecule has 2 heterocycles. The van der Waals surface area contributed by atoms with Crippen molar-refractivity contribution in [1.29, 1.82) is 0 Å². The van der Waals surface area contributed by atoms with Gasteiger partial charge in [-0.3, -0.25) is 10.1 Å². The Kier molecular flexibility index (Phi) is 3.51. The molecule has 0 fully saturated rings. The molecule has 0 atom stereocenters. The average molecular weight is 300 g/mol. The summed E-state index contributed by atoms with van der Waals surface area (Å²) in [6.45, 7) is 0.481. The average Bonchev–Trinajstić information content (AvgIpc) is 3.16. The molecule has 3 N–H and O–H groups in total. The first-order valence-corrected chi connectivity index (χ1v) is 7.13. The second-order valence-corrected chi connectivity index (χ2v) is 5.33. The van der Waals surface area contributed by atoms with Crippen LogP contribution in [0.15, 0.2) is 41.9 Å². The van der Waals surface area contributed by atoms with E-state index in [2.05, 4.69) is 9.97 Å². The summed E-state index contributed by atoms with van der Waals surface area (Å²) < 4.78 is 0. The van der Waals surface area contributed by atoms with Crippen LogP contribution < -0.4 is 5.73 Å². The van der Waals surface area contributed by atoms with Crippen LogP contribution in [0.1, 0.15) is 5.56 Å². The Morgan fingerprint density at radius 1 is 1.38 bits per heavy atom. The second kappa shape index (κ2) is 5.47. The molecule has 0 amide bonds. The van der Waals surface area contributed by atoms with Gasteiger partial charge in [0.1, 0.15) is 5.01 Å². The van der Waals surface area contributed by atoms with Gasteiger partial charge in [0.2, 0.25) is 0 Å². The van der Waals surface area contributed by atoms with Gasteiger partial charge in [-0.25, -0.2) is 4.98 Å². The Balaban J connectivity index is 1.93. The highest BCUT2D eigenvalue weighted by Crippen LogP contribution is 2.30. The molecule has 0 aliphatic rings. The minimum Gasteiger partial charge on any atom is -0.354 e. The third kappa shape index (κ3) is 2.69. The lowest BCUT2D eigenvalue weighted by Crippen LogP contribution is -1.95. The van der Waals surface area contributed by atoms with Crippen molar-refractivity contribution in [1.82, 2.24) is 9.97 Å². The fourth-order valence-electron chi connectivity index (χ4n) is 2.00. The summed E-state index contributed by atoms with van der Waals surface area (Å²) in [7, 11) is 0. The number of rotatable bonds is 4. The minimum atomic E-state index is -0.433. The highest BCUT2D eigenvalue weighted by atomic mass is 32.1. The van der Waals surface area contributed by atoms with Crippen LogP contribution >= 0.6 is 11.3 Å². The van der Waals surface area contributed by atoms with E-state index in [-0.39, 0.29) is 5.69 Å². The third-order valence-electron chi connectivity index (χ3n) is 3.07. The molecule has 1 aromatic carbocycles. The van der Waals surface area contributed by atoms with E-state index < -0.39 is 4.92 Å². The fraction of sp³-hybridized carbons (Fsp3) is 0.0714. The molecule has 21 heavy (non-hydrogen) atoms. The van der Waals surface area contributed by atoms with Crippen LogP contribution in [0, 0.1) is 10.1 Å². The van der Waals surface area contributed by atoms with Crippen LogP contribution in [0.2, 0.25) is 0 Å². The number of aromatic nitrogens is 2. The quantitative estimate of drug-likeness (QED) is 0.571. The Hall–Kier alpha value is -2.51. The van der Waals surface area contributed by atoms with Crippen molar-refractivity contribution in [2.75, 3.05) is 0 Å². The molecule has 0 saturated carbocycles. The van der Waals surface area contributed by atoms with Gasteiger partial charge in [0.15, 0.2) is 0 Å². The molecule has 0 bridgehead atoms. The molecule has 0 unspecified atom stereocenters. The highest BCUT2D eigenvalue weighted by Gasteiger charge is 2.13. The molecule has 7 heteroatoms. The maximum absolute atomic E-state index is 10.7. The molecule has 3 rings (SSSR count). The van der Waals surface area contributed by atoms with Gasteiger partial charge in [-0.15, -0.1) is 11.3 Å². The first kappa shape index (κ1) is 13.5. The number of hydrogen-bond donors (Lipinski definition) is 2. The van der Waals surface area contributed by atoms with Crippen LogP contribution in [0.3, 0.4) is 0 Å². The molecule has 0 spiro atoms. The second-order valence-electron chi connectivity index (χ2n) is 4.47. The van der Waals surface area contributed by atoms with Crippen LogP contribution in [-0.4, -0.2) is 14.9 Å². The molecule has 0 aliphatic heterocycles. The van der Waals surface area contributed by atoms with Crippen LogP contribution in [0.4, 0.5) is 5.69 Å². The summed E-state index contributed by atoms with van der Waals surface area (Å²) in [6, 6.07) is 9.36. The lowest BCUT2D eigenvalue weighted by molar-refractivity contribution is -0.384. The van der Waals surface area contributed by atoms with Gasteiger partial charge in [0, 0.05) is 23.6 Å². The highest BCUT2D eigenvalue weighted by molar-refractivity contribution is 7.13. The monoisotopic (exact) mass is 300 g/mol. The first-order chi connectivity index (χ1) is 10.2. The summed E-state index contributed by atoms with van der Waals surface area (Å²) in [6.07, 6.45) is 1.36. The smallest absolute Gasteiger partial charge is 0.287 e. The normalized spacial score (nSPS) is 10.7. The van der Waals surface area contributed by atoms with Crippen molar-refractivity contribution in [3.05, 3.63) is 57.6 Å². The summed E-state index contributed by atoms with van der Waals surface area (Å²) in [5, 5.41) is 13.4. The van der Waals surface area contributed by atoms with E-state index in [1.54, 1.807) is 0 Å². The fourth-order valence-corrected chi connectivity index (χ4v) is 2.81. The standard InChI is InChI=1S/C14H12N4O2S/c15-6-9-2-1-3-10(4-9)14-17-13(8-21-14)12-5-11(7-16-12)18(19)20/h1-5,7-8,16H,6,15H2. The number of H-pyrrole nitrogens is 1. The van der Waals surface area contributed by atoms with Crippen molar-refractivity contribution >= 4 is 17.0 Å². The minimum absolute atomic E-state index is 0.0321. The van der Waals surface area contributed by atoms with Crippen molar-refractivity contribution < 1.29 is 4.92 Å². The third-order valence-corrected chi connectivity index (χ3v) is 3.96. The lowest BCUT2D eigenvalue weighted by Gasteiger charge is -1.99. The molecule has 6 nitrogen and oxygen atoms in total. The van der Waals surface area contributed by atoms with E-state index in [9.17, 15) is 10.1 Å².